The normalized spacial score (nSPS) is 11.8. The Hall–Kier alpha value is 0.130. The van der Waals surface area contributed by atoms with Crippen molar-refractivity contribution in [2.75, 3.05) is 11.6 Å². The van der Waals surface area contributed by atoms with Gasteiger partial charge in [0.2, 0.25) is 0 Å². The maximum Gasteiger partial charge on any atom is 0.417 e. The molecule has 84 valence electrons. The maximum atomic E-state index is 12.5. The summed E-state index contributed by atoms with van der Waals surface area (Å²) in [5.41, 5.74) is -0.610. The van der Waals surface area contributed by atoms with Crippen LogP contribution in [0.15, 0.2) is 27.6 Å². The largest absolute Gasteiger partial charge is 0.417 e. The zero-order chi connectivity index (χ0) is 11.5. The van der Waals surface area contributed by atoms with Gasteiger partial charge in [0.05, 0.1) is 5.56 Å². The third kappa shape index (κ3) is 3.89. The van der Waals surface area contributed by atoms with E-state index in [1.807, 2.05) is 0 Å². The quantitative estimate of drug-likeness (QED) is 0.570. The van der Waals surface area contributed by atoms with Crippen molar-refractivity contribution in [1.82, 2.24) is 0 Å². The van der Waals surface area contributed by atoms with Gasteiger partial charge in [0.25, 0.3) is 0 Å². The lowest BCUT2D eigenvalue weighted by molar-refractivity contribution is -0.139. The van der Waals surface area contributed by atoms with Crippen molar-refractivity contribution in [3.8, 4) is 0 Å². The highest BCUT2D eigenvalue weighted by Gasteiger charge is 2.33. The number of thioether (sulfide) groups is 1. The molecule has 0 amide bonds. The van der Waals surface area contributed by atoms with E-state index in [0.29, 0.717) is 16.1 Å². The molecule has 0 spiro atoms. The summed E-state index contributed by atoms with van der Waals surface area (Å²) >= 11 is 9.69. The van der Waals surface area contributed by atoms with Crippen molar-refractivity contribution in [3.05, 3.63) is 28.2 Å². The van der Waals surface area contributed by atoms with E-state index >= 15 is 0 Å². The molecule has 1 aromatic rings. The Kier molecular flexibility index (Phi) is 4.80. The van der Waals surface area contributed by atoms with E-state index < -0.39 is 11.7 Å². The van der Waals surface area contributed by atoms with Crippen molar-refractivity contribution in [1.29, 1.82) is 0 Å². The van der Waals surface area contributed by atoms with Gasteiger partial charge in [0, 0.05) is 21.0 Å². The van der Waals surface area contributed by atoms with E-state index in [2.05, 4.69) is 15.9 Å². The lowest BCUT2D eigenvalue weighted by Gasteiger charge is -2.12. The minimum atomic E-state index is -4.31. The Morgan fingerprint density at radius 2 is 2.00 bits per heavy atom. The standard InChI is InChI=1S/C9H7BrClF3S/c10-6-1-2-7(9(12,13)14)8(5-6)15-4-3-11/h1-2,5H,3-4H2. The van der Waals surface area contributed by atoms with Crippen LogP contribution in [0, 0.1) is 0 Å². The molecular formula is C9H7BrClF3S. The van der Waals surface area contributed by atoms with Crippen LogP contribution in [0.25, 0.3) is 0 Å². The first kappa shape index (κ1) is 13.2. The fraction of sp³-hybridized carbons (Fsp3) is 0.333. The van der Waals surface area contributed by atoms with Crippen LogP contribution in [0.1, 0.15) is 5.56 Å². The average molecular weight is 320 g/mol. The summed E-state index contributed by atoms with van der Waals surface area (Å²) < 4.78 is 38.3. The second kappa shape index (κ2) is 5.46. The molecule has 0 N–H and O–H groups in total. The topological polar surface area (TPSA) is 0 Å². The molecule has 0 saturated carbocycles. The summed E-state index contributed by atoms with van der Waals surface area (Å²) in [5.74, 6) is 0.787. The van der Waals surface area contributed by atoms with Gasteiger partial charge >= 0.3 is 6.18 Å². The minimum Gasteiger partial charge on any atom is -0.166 e. The van der Waals surface area contributed by atoms with Crippen molar-refractivity contribution in [2.45, 2.75) is 11.1 Å². The van der Waals surface area contributed by atoms with Crippen LogP contribution in [-0.2, 0) is 6.18 Å². The molecule has 0 aromatic heterocycles. The Morgan fingerprint density at radius 1 is 1.33 bits per heavy atom. The number of hydrogen-bond donors (Lipinski definition) is 0. The molecule has 15 heavy (non-hydrogen) atoms. The number of benzene rings is 1. The van der Waals surface area contributed by atoms with Gasteiger partial charge in [-0.15, -0.1) is 23.4 Å². The Labute approximate surface area is 103 Å². The van der Waals surface area contributed by atoms with Gasteiger partial charge in [-0.1, -0.05) is 15.9 Å². The van der Waals surface area contributed by atoms with Crippen LogP contribution < -0.4 is 0 Å². The summed E-state index contributed by atoms with van der Waals surface area (Å²) in [6.45, 7) is 0. The van der Waals surface area contributed by atoms with Gasteiger partial charge in [0.15, 0.2) is 0 Å². The van der Waals surface area contributed by atoms with Crippen LogP contribution in [0.2, 0.25) is 0 Å². The van der Waals surface area contributed by atoms with E-state index in [-0.39, 0.29) is 4.90 Å². The summed E-state index contributed by atoms with van der Waals surface area (Å²) in [6, 6.07) is 3.91. The lowest BCUT2D eigenvalue weighted by Crippen LogP contribution is -2.06. The van der Waals surface area contributed by atoms with E-state index in [0.717, 1.165) is 17.8 Å². The van der Waals surface area contributed by atoms with E-state index in [1.165, 1.54) is 12.1 Å². The molecule has 0 unspecified atom stereocenters. The number of hydrogen-bond acceptors (Lipinski definition) is 1. The Morgan fingerprint density at radius 3 is 2.53 bits per heavy atom. The molecule has 0 saturated heterocycles. The molecule has 0 atom stereocenters. The van der Waals surface area contributed by atoms with E-state index in [4.69, 9.17) is 11.6 Å². The first-order valence-corrected chi connectivity index (χ1v) is 6.32. The molecule has 1 rings (SSSR count). The molecule has 0 heterocycles. The SMILES string of the molecule is FC(F)(F)c1ccc(Br)cc1SCCCl. The minimum absolute atomic E-state index is 0.206. The van der Waals surface area contributed by atoms with E-state index in [1.54, 1.807) is 0 Å². The first-order valence-electron chi connectivity index (χ1n) is 4.00. The van der Waals surface area contributed by atoms with Gasteiger partial charge in [-0.25, -0.2) is 0 Å². The molecule has 0 radical (unpaired) electrons. The van der Waals surface area contributed by atoms with Crippen LogP contribution in [-0.4, -0.2) is 11.6 Å². The van der Waals surface area contributed by atoms with Crippen LogP contribution in [0.4, 0.5) is 13.2 Å². The lowest BCUT2D eigenvalue weighted by atomic mass is 10.2. The summed E-state index contributed by atoms with van der Waals surface area (Å²) in [5, 5.41) is 0. The highest BCUT2D eigenvalue weighted by Crippen LogP contribution is 2.37. The average Bonchev–Trinajstić information content (AvgIpc) is 2.12. The van der Waals surface area contributed by atoms with Crippen LogP contribution >= 0.6 is 39.3 Å². The Balaban J connectivity index is 3.03. The number of alkyl halides is 4. The molecule has 0 aliphatic carbocycles. The third-order valence-electron chi connectivity index (χ3n) is 1.58. The summed E-state index contributed by atoms with van der Waals surface area (Å²) in [7, 11) is 0. The molecule has 0 fully saturated rings. The Bertz CT molecular complexity index is 341. The second-order valence-corrected chi connectivity index (χ2v) is 5.11. The van der Waals surface area contributed by atoms with Gasteiger partial charge in [-0.05, 0) is 18.2 Å². The summed E-state index contributed by atoms with van der Waals surface area (Å²) in [4.78, 5) is 0.206. The smallest absolute Gasteiger partial charge is 0.166 e. The zero-order valence-corrected chi connectivity index (χ0v) is 10.6. The molecule has 0 nitrogen and oxygen atoms in total. The second-order valence-electron chi connectivity index (χ2n) is 2.68. The molecule has 6 heteroatoms. The predicted octanol–water partition coefficient (Wildman–Crippen LogP) is 4.80. The van der Waals surface area contributed by atoms with E-state index in [9.17, 15) is 13.2 Å². The zero-order valence-electron chi connectivity index (χ0n) is 7.44. The van der Waals surface area contributed by atoms with Gasteiger partial charge in [-0.2, -0.15) is 13.2 Å². The molecule has 0 bridgehead atoms. The number of halogens is 5. The van der Waals surface area contributed by atoms with Gasteiger partial charge < -0.3 is 0 Å². The van der Waals surface area contributed by atoms with Gasteiger partial charge in [-0.3, -0.25) is 0 Å². The third-order valence-corrected chi connectivity index (χ3v) is 3.55. The molecular weight excluding hydrogens is 313 g/mol. The van der Waals surface area contributed by atoms with Crippen LogP contribution in [0.5, 0.6) is 0 Å². The summed E-state index contributed by atoms with van der Waals surface area (Å²) in [6.07, 6.45) is -4.31. The fourth-order valence-electron chi connectivity index (χ4n) is 0.998. The predicted molar refractivity (Wildman–Crippen MR) is 60.6 cm³/mol. The van der Waals surface area contributed by atoms with Crippen molar-refractivity contribution in [2.24, 2.45) is 0 Å². The molecule has 1 aromatic carbocycles. The highest BCUT2D eigenvalue weighted by atomic mass is 79.9. The first-order chi connectivity index (χ1) is 6.95. The number of rotatable bonds is 3. The molecule has 0 aliphatic heterocycles. The van der Waals surface area contributed by atoms with Crippen molar-refractivity contribution in [3.63, 3.8) is 0 Å². The van der Waals surface area contributed by atoms with Gasteiger partial charge in [0.1, 0.15) is 0 Å². The maximum absolute atomic E-state index is 12.5. The van der Waals surface area contributed by atoms with Crippen LogP contribution in [0.3, 0.4) is 0 Å². The van der Waals surface area contributed by atoms with Crippen molar-refractivity contribution < 1.29 is 13.2 Å². The monoisotopic (exact) mass is 318 g/mol. The molecule has 0 aliphatic rings. The fourth-order valence-corrected chi connectivity index (χ4v) is 2.59. The highest BCUT2D eigenvalue weighted by molar-refractivity contribution is 9.10. The van der Waals surface area contributed by atoms with Crippen molar-refractivity contribution >= 4 is 39.3 Å².